The molecule has 3 nitrogen and oxygen atoms in total. The maximum absolute atomic E-state index is 3.62. The van der Waals surface area contributed by atoms with E-state index in [1.165, 1.54) is 46.4 Å². The van der Waals surface area contributed by atoms with Crippen molar-refractivity contribution in [2.75, 3.05) is 30.9 Å². The molecule has 0 fully saturated rings. The summed E-state index contributed by atoms with van der Waals surface area (Å²) in [7, 11) is 6.26. The van der Waals surface area contributed by atoms with E-state index in [0.717, 1.165) is 6.54 Å². The summed E-state index contributed by atoms with van der Waals surface area (Å²) in [5.74, 6) is 0. The van der Waals surface area contributed by atoms with Crippen LogP contribution < -0.4 is 14.8 Å². The first-order chi connectivity index (χ1) is 13.1. The summed E-state index contributed by atoms with van der Waals surface area (Å²) in [6.07, 6.45) is 6.75. The highest BCUT2D eigenvalue weighted by Crippen LogP contribution is 2.23. The van der Waals surface area contributed by atoms with E-state index in [1.54, 1.807) is 0 Å². The van der Waals surface area contributed by atoms with Gasteiger partial charge in [0.25, 0.3) is 0 Å². The number of para-hydroxylation sites is 1. The molecule has 0 aliphatic carbocycles. The summed E-state index contributed by atoms with van der Waals surface area (Å²) in [6, 6.07) is 19.5. The molecule has 3 heteroatoms. The summed E-state index contributed by atoms with van der Waals surface area (Å²) in [4.78, 5) is 2.12. The average molecular weight is 361 g/mol. The molecule has 0 saturated heterocycles. The van der Waals surface area contributed by atoms with Gasteiger partial charge in [0, 0.05) is 44.5 Å². The Hall–Kier alpha value is -2.81. The third-order valence-electron chi connectivity index (χ3n) is 4.94. The fourth-order valence-corrected chi connectivity index (χ4v) is 3.23. The second-order valence-corrected chi connectivity index (χ2v) is 7.16. The molecular formula is C24H30N3+. The summed E-state index contributed by atoms with van der Waals surface area (Å²) in [6.45, 7) is 3.23. The predicted molar refractivity (Wildman–Crippen MR) is 118 cm³/mol. The number of fused-ring (bicyclic) bond motifs is 1. The number of unbranched alkanes of at least 4 members (excludes halogenated alkanes) is 1. The molecule has 3 aromatic rings. The number of pyridine rings is 1. The van der Waals surface area contributed by atoms with Gasteiger partial charge < -0.3 is 10.2 Å². The Labute approximate surface area is 163 Å². The Kier molecular flexibility index (Phi) is 6.12. The molecule has 140 valence electrons. The standard InChI is InChI=1S/C24H29N3/c1-5-6-17-25-23-18-21(27(4)24-10-8-7-9-22(23)24)16-13-19-11-14-20(15-12-19)26(2)3/h7-16,18H,5-6,17H2,1-4H3/p+1/b16-13+. The van der Waals surface area contributed by atoms with Gasteiger partial charge in [0.2, 0.25) is 11.2 Å². The third-order valence-corrected chi connectivity index (χ3v) is 4.94. The van der Waals surface area contributed by atoms with E-state index in [0.29, 0.717) is 0 Å². The van der Waals surface area contributed by atoms with Crippen molar-refractivity contribution in [1.82, 2.24) is 0 Å². The quantitative estimate of drug-likeness (QED) is 0.466. The summed E-state index contributed by atoms with van der Waals surface area (Å²) in [5, 5.41) is 4.89. The van der Waals surface area contributed by atoms with Gasteiger partial charge in [-0.2, -0.15) is 4.57 Å². The highest BCUT2D eigenvalue weighted by molar-refractivity contribution is 5.90. The van der Waals surface area contributed by atoms with Crippen LogP contribution in [0.3, 0.4) is 0 Å². The lowest BCUT2D eigenvalue weighted by Gasteiger charge is -2.12. The summed E-state index contributed by atoms with van der Waals surface area (Å²) in [5.41, 5.74) is 6.05. The minimum absolute atomic E-state index is 1.00. The monoisotopic (exact) mass is 360 g/mol. The van der Waals surface area contributed by atoms with Crippen molar-refractivity contribution in [3.05, 3.63) is 65.9 Å². The highest BCUT2D eigenvalue weighted by Gasteiger charge is 2.14. The number of benzene rings is 2. The first-order valence-corrected chi connectivity index (χ1v) is 9.71. The van der Waals surface area contributed by atoms with E-state index < -0.39 is 0 Å². The molecule has 27 heavy (non-hydrogen) atoms. The van der Waals surface area contributed by atoms with Crippen molar-refractivity contribution < 1.29 is 4.57 Å². The molecule has 0 radical (unpaired) electrons. The average Bonchev–Trinajstić information content (AvgIpc) is 2.69. The van der Waals surface area contributed by atoms with Crippen molar-refractivity contribution >= 4 is 34.4 Å². The number of anilines is 2. The zero-order valence-electron chi connectivity index (χ0n) is 16.9. The zero-order chi connectivity index (χ0) is 19.2. The first kappa shape index (κ1) is 19.0. The van der Waals surface area contributed by atoms with Crippen LogP contribution in [0.15, 0.2) is 54.6 Å². The molecular weight excluding hydrogens is 330 g/mol. The number of hydrogen-bond acceptors (Lipinski definition) is 2. The van der Waals surface area contributed by atoms with E-state index in [-0.39, 0.29) is 0 Å². The van der Waals surface area contributed by atoms with Gasteiger partial charge in [-0.1, -0.05) is 37.6 Å². The first-order valence-electron chi connectivity index (χ1n) is 9.71. The second kappa shape index (κ2) is 8.72. The molecule has 3 rings (SSSR count). The number of nitrogens with zero attached hydrogens (tertiary/aromatic N) is 2. The number of nitrogens with one attached hydrogen (secondary N) is 1. The topological polar surface area (TPSA) is 19.1 Å². The van der Waals surface area contributed by atoms with Crippen molar-refractivity contribution in [3.63, 3.8) is 0 Å². The Morgan fingerprint density at radius 2 is 1.74 bits per heavy atom. The molecule has 0 saturated carbocycles. The molecule has 2 aromatic carbocycles. The number of aryl methyl sites for hydroxylation is 1. The maximum Gasteiger partial charge on any atom is 0.214 e. The van der Waals surface area contributed by atoms with Crippen LogP contribution in [-0.2, 0) is 7.05 Å². The number of rotatable bonds is 7. The van der Waals surface area contributed by atoms with E-state index >= 15 is 0 Å². The van der Waals surface area contributed by atoms with Crippen LogP contribution in [0.1, 0.15) is 31.0 Å². The van der Waals surface area contributed by atoms with Crippen LogP contribution in [0.25, 0.3) is 23.1 Å². The molecule has 0 amide bonds. The van der Waals surface area contributed by atoms with Crippen molar-refractivity contribution in [1.29, 1.82) is 0 Å². The lowest BCUT2D eigenvalue weighted by Crippen LogP contribution is -2.33. The van der Waals surface area contributed by atoms with Gasteiger partial charge in [-0.15, -0.1) is 0 Å². The molecule has 0 spiro atoms. The molecule has 0 unspecified atom stereocenters. The van der Waals surface area contributed by atoms with Crippen LogP contribution >= 0.6 is 0 Å². The van der Waals surface area contributed by atoms with E-state index in [4.69, 9.17) is 0 Å². The molecule has 1 N–H and O–H groups in total. The lowest BCUT2D eigenvalue weighted by molar-refractivity contribution is -0.646. The van der Waals surface area contributed by atoms with Crippen molar-refractivity contribution in [2.45, 2.75) is 19.8 Å². The van der Waals surface area contributed by atoms with Crippen molar-refractivity contribution in [2.24, 2.45) is 7.05 Å². The minimum Gasteiger partial charge on any atom is -0.384 e. The van der Waals surface area contributed by atoms with Crippen LogP contribution in [0.5, 0.6) is 0 Å². The Morgan fingerprint density at radius 3 is 2.44 bits per heavy atom. The van der Waals surface area contributed by atoms with E-state index in [1.807, 2.05) is 0 Å². The van der Waals surface area contributed by atoms with Gasteiger partial charge in [0.05, 0.1) is 11.1 Å². The fraction of sp³-hybridized carbons (Fsp3) is 0.292. The van der Waals surface area contributed by atoms with Gasteiger partial charge in [0.1, 0.15) is 7.05 Å². The van der Waals surface area contributed by atoms with Gasteiger partial charge in [-0.3, -0.25) is 0 Å². The normalized spacial score (nSPS) is 11.3. The zero-order valence-corrected chi connectivity index (χ0v) is 16.9. The number of hydrogen-bond donors (Lipinski definition) is 1. The minimum atomic E-state index is 1.00. The smallest absolute Gasteiger partial charge is 0.214 e. The molecule has 0 aliphatic rings. The molecule has 1 aromatic heterocycles. The molecule has 1 heterocycles. The van der Waals surface area contributed by atoms with Gasteiger partial charge >= 0.3 is 0 Å². The van der Waals surface area contributed by atoms with Crippen molar-refractivity contribution in [3.8, 4) is 0 Å². The number of aromatic nitrogens is 1. The Bertz CT molecular complexity index is 924. The molecule has 0 bridgehead atoms. The SMILES string of the molecule is CCCCNc1cc(/C=C/c2ccc(N(C)C)cc2)[n+](C)c2ccccc12. The largest absolute Gasteiger partial charge is 0.384 e. The molecule has 0 aliphatic heterocycles. The summed E-state index contributed by atoms with van der Waals surface area (Å²) >= 11 is 0. The fourth-order valence-electron chi connectivity index (χ4n) is 3.23. The highest BCUT2D eigenvalue weighted by atomic mass is 15.1. The Balaban J connectivity index is 1.94. The maximum atomic E-state index is 3.62. The van der Waals surface area contributed by atoms with E-state index in [9.17, 15) is 0 Å². The van der Waals surface area contributed by atoms with Crippen LogP contribution in [0, 0.1) is 0 Å². The van der Waals surface area contributed by atoms with E-state index in [2.05, 4.69) is 110 Å². The van der Waals surface area contributed by atoms with Gasteiger partial charge in [-0.05, 0) is 36.3 Å². The van der Waals surface area contributed by atoms with Gasteiger partial charge in [0.15, 0.2) is 0 Å². The molecule has 0 atom stereocenters. The van der Waals surface area contributed by atoms with Gasteiger partial charge in [-0.25, -0.2) is 0 Å². The predicted octanol–water partition coefficient (Wildman–Crippen LogP) is 5.11. The summed E-state index contributed by atoms with van der Waals surface area (Å²) < 4.78 is 2.25. The third kappa shape index (κ3) is 4.48. The van der Waals surface area contributed by atoms with Crippen LogP contribution in [-0.4, -0.2) is 20.6 Å². The van der Waals surface area contributed by atoms with Crippen LogP contribution in [0.4, 0.5) is 11.4 Å². The second-order valence-electron chi connectivity index (χ2n) is 7.16. The Morgan fingerprint density at radius 1 is 1.00 bits per heavy atom. The lowest BCUT2D eigenvalue weighted by atomic mass is 10.1. The van der Waals surface area contributed by atoms with Crippen LogP contribution in [0.2, 0.25) is 0 Å².